The molecule has 0 atom stereocenters. The summed E-state index contributed by atoms with van der Waals surface area (Å²) in [6.45, 7) is 0. The summed E-state index contributed by atoms with van der Waals surface area (Å²) in [5.41, 5.74) is 5.60. The van der Waals surface area contributed by atoms with Crippen molar-refractivity contribution in [3.63, 3.8) is 0 Å². The van der Waals surface area contributed by atoms with E-state index in [1.165, 1.54) is 0 Å². The Morgan fingerprint density at radius 2 is 1.90 bits per heavy atom. The number of nitrogens with two attached hydrogens (primary N) is 1. The van der Waals surface area contributed by atoms with Crippen molar-refractivity contribution in [3.8, 4) is 0 Å². The molecule has 0 heterocycles. The number of amides is 1. The topological polar surface area (TPSA) is 87.7 Å². The average molecular weight is 283 g/mol. The first-order valence-corrected chi connectivity index (χ1v) is 6.94. The number of oxime groups is 1. The van der Waals surface area contributed by atoms with Crippen LogP contribution in [0.3, 0.4) is 0 Å². The molecule has 3 rings (SSSR count). The zero-order valence-corrected chi connectivity index (χ0v) is 11.5. The summed E-state index contributed by atoms with van der Waals surface area (Å²) >= 11 is 0. The highest BCUT2D eigenvalue weighted by atomic mass is 16.4. The SMILES string of the molecule is N/C(=N/O)C1(C(=O)Nc2cccc3ccccc23)CCC1. The highest BCUT2D eigenvalue weighted by Crippen LogP contribution is 2.42. The number of benzene rings is 2. The fraction of sp³-hybridized carbons (Fsp3) is 0.250. The standard InChI is InChI=1S/C16H17N3O2/c17-14(19-21)16(9-4-10-16)15(20)18-13-8-3-6-11-5-1-2-7-12(11)13/h1-3,5-8,21H,4,9-10H2,(H2,17,19)(H,18,20). The first-order chi connectivity index (χ1) is 10.2. The van der Waals surface area contributed by atoms with Crippen LogP contribution in [0.4, 0.5) is 5.69 Å². The van der Waals surface area contributed by atoms with Crippen LogP contribution < -0.4 is 11.1 Å². The van der Waals surface area contributed by atoms with E-state index >= 15 is 0 Å². The minimum absolute atomic E-state index is 0.00788. The van der Waals surface area contributed by atoms with E-state index in [0.717, 1.165) is 22.9 Å². The molecule has 0 bridgehead atoms. The number of amidine groups is 1. The Hall–Kier alpha value is -2.56. The number of fused-ring (bicyclic) bond motifs is 1. The monoisotopic (exact) mass is 283 g/mol. The molecular formula is C16H17N3O2. The Balaban J connectivity index is 1.94. The van der Waals surface area contributed by atoms with Crippen molar-refractivity contribution in [1.29, 1.82) is 0 Å². The van der Waals surface area contributed by atoms with E-state index in [1.807, 2.05) is 42.5 Å². The highest BCUT2D eigenvalue weighted by molar-refractivity contribution is 6.14. The Kier molecular flexibility index (Phi) is 3.25. The smallest absolute Gasteiger partial charge is 0.238 e. The molecular weight excluding hydrogens is 266 g/mol. The van der Waals surface area contributed by atoms with Crippen LogP contribution in [-0.2, 0) is 4.79 Å². The van der Waals surface area contributed by atoms with Crippen LogP contribution >= 0.6 is 0 Å². The summed E-state index contributed by atoms with van der Waals surface area (Å²) in [5.74, 6) is -0.216. The Morgan fingerprint density at radius 1 is 1.19 bits per heavy atom. The minimum Gasteiger partial charge on any atom is -0.409 e. The highest BCUT2D eigenvalue weighted by Gasteiger charge is 2.48. The van der Waals surface area contributed by atoms with Gasteiger partial charge in [-0.15, -0.1) is 0 Å². The van der Waals surface area contributed by atoms with Gasteiger partial charge >= 0.3 is 0 Å². The second-order valence-corrected chi connectivity index (χ2v) is 5.40. The maximum Gasteiger partial charge on any atom is 0.238 e. The zero-order chi connectivity index (χ0) is 14.9. The minimum atomic E-state index is -0.869. The fourth-order valence-electron chi connectivity index (χ4n) is 2.80. The predicted molar refractivity (Wildman–Crippen MR) is 82.3 cm³/mol. The van der Waals surface area contributed by atoms with Gasteiger partial charge in [-0.25, -0.2) is 0 Å². The van der Waals surface area contributed by atoms with Crippen LogP contribution in [0.15, 0.2) is 47.6 Å². The zero-order valence-electron chi connectivity index (χ0n) is 11.5. The molecule has 1 saturated carbocycles. The lowest BCUT2D eigenvalue weighted by Crippen LogP contribution is -2.51. The molecule has 2 aromatic carbocycles. The first kappa shape index (κ1) is 13.4. The van der Waals surface area contributed by atoms with Crippen molar-refractivity contribution < 1.29 is 10.0 Å². The lowest BCUT2D eigenvalue weighted by molar-refractivity contribution is -0.125. The number of carbonyl (C=O) groups excluding carboxylic acids is 1. The molecule has 0 unspecified atom stereocenters. The van der Waals surface area contributed by atoms with Gasteiger partial charge in [-0.3, -0.25) is 4.79 Å². The second kappa shape index (κ2) is 5.09. The van der Waals surface area contributed by atoms with Gasteiger partial charge in [0.1, 0.15) is 5.41 Å². The number of rotatable bonds is 3. The number of hydrogen-bond acceptors (Lipinski definition) is 3. The molecule has 0 aromatic heterocycles. The molecule has 5 nitrogen and oxygen atoms in total. The van der Waals surface area contributed by atoms with Gasteiger partial charge in [-0.2, -0.15) is 0 Å². The third kappa shape index (κ3) is 2.11. The number of carbonyl (C=O) groups is 1. The predicted octanol–water partition coefficient (Wildman–Crippen LogP) is 2.70. The molecule has 0 spiro atoms. The van der Waals surface area contributed by atoms with Gasteiger partial charge < -0.3 is 16.3 Å². The van der Waals surface area contributed by atoms with Crippen LogP contribution in [0.2, 0.25) is 0 Å². The van der Waals surface area contributed by atoms with Crippen LogP contribution in [0.5, 0.6) is 0 Å². The summed E-state index contributed by atoms with van der Waals surface area (Å²) in [4.78, 5) is 12.6. The fourth-order valence-corrected chi connectivity index (χ4v) is 2.80. The maximum atomic E-state index is 12.6. The summed E-state index contributed by atoms with van der Waals surface area (Å²) in [7, 11) is 0. The first-order valence-electron chi connectivity index (χ1n) is 6.94. The van der Waals surface area contributed by atoms with Crippen molar-refractivity contribution in [2.75, 3.05) is 5.32 Å². The summed E-state index contributed by atoms with van der Waals surface area (Å²) in [6.07, 6.45) is 2.12. The normalized spacial score (nSPS) is 17.2. The van der Waals surface area contributed by atoms with Gasteiger partial charge in [0.05, 0.1) is 0 Å². The van der Waals surface area contributed by atoms with E-state index < -0.39 is 5.41 Å². The van der Waals surface area contributed by atoms with Gasteiger partial charge in [0.25, 0.3) is 0 Å². The van der Waals surface area contributed by atoms with E-state index in [-0.39, 0.29) is 11.7 Å². The van der Waals surface area contributed by atoms with Crippen LogP contribution in [-0.4, -0.2) is 17.0 Å². The van der Waals surface area contributed by atoms with E-state index in [2.05, 4.69) is 10.5 Å². The molecule has 0 aliphatic heterocycles. The van der Waals surface area contributed by atoms with E-state index in [0.29, 0.717) is 12.8 Å². The molecule has 1 aliphatic carbocycles. The summed E-state index contributed by atoms with van der Waals surface area (Å²) in [6, 6.07) is 13.6. The van der Waals surface area contributed by atoms with Crippen molar-refractivity contribution in [2.45, 2.75) is 19.3 Å². The number of hydrogen-bond donors (Lipinski definition) is 3. The molecule has 0 radical (unpaired) electrons. The van der Waals surface area contributed by atoms with E-state index in [1.54, 1.807) is 0 Å². The third-order valence-corrected chi connectivity index (χ3v) is 4.28. The Morgan fingerprint density at radius 3 is 2.57 bits per heavy atom. The summed E-state index contributed by atoms with van der Waals surface area (Å²) in [5, 5.41) is 16.9. The van der Waals surface area contributed by atoms with Gasteiger partial charge in [0.2, 0.25) is 5.91 Å². The Bertz CT molecular complexity index is 715. The number of nitrogens with one attached hydrogen (secondary N) is 1. The van der Waals surface area contributed by atoms with Crippen LogP contribution in [0.1, 0.15) is 19.3 Å². The van der Waals surface area contributed by atoms with Crippen molar-refractivity contribution in [1.82, 2.24) is 0 Å². The van der Waals surface area contributed by atoms with Crippen molar-refractivity contribution in [2.24, 2.45) is 16.3 Å². The number of anilines is 1. The lowest BCUT2D eigenvalue weighted by atomic mass is 9.67. The molecule has 1 fully saturated rings. The van der Waals surface area contributed by atoms with Gasteiger partial charge in [0.15, 0.2) is 5.84 Å². The molecule has 2 aromatic rings. The average Bonchev–Trinajstić information content (AvgIpc) is 2.46. The maximum absolute atomic E-state index is 12.6. The molecule has 1 aliphatic rings. The van der Waals surface area contributed by atoms with Gasteiger partial charge in [-0.1, -0.05) is 48.0 Å². The van der Waals surface area contributed by atoms with Crippen LogP contribution in [0, 0.1) is 5.41 Å². The molecule has 108 valence electrons. The van der Waals surface area contributed by atoms with E-state index in [4.69, 9.17) is 10.9 Å². The molecule has 21 heavy (non-hydrogen) atoms. The number of nitrogens with zero attached hydrogens (tertiary/aromatic N) is 1. The molecule has 5 heteroatoms. The quantitative estimate of drug-likeness (QED) is 0.350. The van der Waals surface area contributed by atoms with Crippen molar-refractivity contribution >= 4 is 28.2 Å². The molecule has 0 saturated heterocycles. The van der Waals surface area contributed by atoms with Gasteiger partial charge in [-0.05, 0) is 24.3 Å². The summed E-state index contributed by atoms with van der Waals surface area (Å²) < 4.78 is 0. The lowest BCUT2D eigenvalue weighted by Gasteiger charge is -2.38. The van der Waals surface area contributed by atoms with Crippen molar-refractivity contribution in [3.05, 3.63) is 42.5 Å². The molecule has 1 amide bonds. The largest absolute Gasteiger partial charge is 0.409 e. The third-order valence-electron chi connectivity index (χ3n) is 4.28. The van der Waals surface area contributed by atoms with Crippen LogP contribution in [0.25, 0.3) is 10.8 Å². The van der Waals surface area contributed by atoms with E-state index in [9.17, 15) is 4.79 Å². The van der Waals surface area contributed by atoms with Gasteiger partial charge in [0, 0.05) is 11.1 Å². The second-order valence-electron chi connectivity index (χ2n) is 5.40. The molecule has 4 N–H and O–H groups in total. The Labute approximate surface area is 122 Å².